The number of hydrogen-bond acceptors (Lipinski definition) is 2. The van der Waals surface area contributed by atoms with Gasteiger partial charge in [0.15, 0.2) is 0 Å². The molecule has 1 N–H and O–H groups in total. The van der Waals surface area contributed by atoms with Crippen molar-refractivity contribution < 1.29 is 4.79 Å². The van der Waals surface area contributed by atoms with Gasteiger partial charge in [-0.1, -0.05) is 27.7 Å². The maximum absolute atomic E-state index is 11.7. The van der Waals surface area contributed by atoms with E-state index >= 15 is 0 Å². The van der Waals surface area contributed by atoms with E-state index in [0.29, 0.717) is 17.9 Å². The number of carbonyl (C=O) groups excluding carboxylic acids is 1. The number of carbonyl (C=O) groups is 1. The van der Waals surface area contributed by atoms with Crippen LogP contribution >= 0.6 is 0 Å². The fourth-order valence-electron chi connectivity index (χ4n) is 2.46. The summed E-state index contributed by atoms with van der Waals surface area (Å²) in [6.45, 7) is 10.5. The topological polar surface area (TPSA) is 32.3 Å². The van der Waals surface area contributed by atoms with Gasteiger partial charge < -0.3 is 10.2 Å². The summed E-state index contributed by atoms with van der Waals surface area (Å²) in [5.41, 5.74) is 0. The molecule has 1 fully saturated rings. The van der Waals surface area contributed by atoms with Crippen molar-refractivity contribution in [2.24, 2.45) is 17.8 Å². The molecule has 1 aliphatic rings. The Bertz CT molecular complexity index is 216. The van der Waals surface area contributed by atoms with Crippen LogP contribution in [-0.4, -0.2) is 37.0 Å². The Balaban J connectivity index is 2.56. The van der Waals surface area contributed by atoms with Crippen LogP contribution in [0.4, 0.5) is 0 Å². The Hall–Kier alpha value is -0.570. The lowest BCUT2D eigenvalue weighted by Gasteiger charge is -2.40. The molecule has 0 aliphatic carbocycles. The standard InChI is InChI=1S/C12H24N2O/c1-8(2)12(15)13-11-9(3)6-14(5)7-10(11)4/h8-11H,6-7H2,1-5H3,(H,13,15). The maximum atomic E-state index is 11.7. The zero-order valence-electron chi connectivity index (χ0n) is 10.6. The molecule has 2 atom stereocenters. The smallest absolute Gasteiger partial charge is 0.222 e. The van der Waals surface area contributed by atoms with Crippen LogP contribution in [0, 0.1) is 17.8 Å². The molecular weight excluding hydrogens is 188 g/mol. The fourth-order valence-corrected chi connectivity index (χ4v) is 2.46. The maximum Gasteiger partial charge on any atom is 0.222 e. The largest absolute Gasteiger partial charge is 0.353 e. The Labute approximate surface area is 93.2 Å². The highest BCUT2D eigenvalue weighted by molar-refractivity contribution is 5.78. The van der Waals surface area contributed by atoms with Crippen LogP contribution in [0.1, 0.15) is 27.7 Å². The van der Waals surface area contributed by atoms with Gasteiger partial charge in [0.25, 0.3) is 0 Å². The van der Waals surface area contributed by atoms with E-state index in [2.05, 4.69) is 31.1 Å². The number of nitrogens with zero attached hydrogens (tertiary/aromatic N) is 1. The summed E-state index contributed by atoms with van der Waals surface area (Å²) in [5.74, 6) is 1.36. The average molecular weight is 212 g/mol. The summed E-state index contributed by atoms with van der Waals surface area (Å²) in [6, 6.07) is 0.344. The number of piperidine rings is 1. The minimum atomic E-state index is 0.0871. The lowest BCUT2D eigenvalue weighted by molar-refractivity contribution is -0.126. The molecule has 0 spiro atoms. The van der Waals surface area contributed by atoms with E-state index in [1.54, 1.807) is 0 Å². The summed E-state index contributed by atoms with van der Waals surface area (Å²) in [5, 5.41) is 3.17. The number of hydrogen-bond donors (Lipinski definition) is 1. The van der Waals surface area contributed by atoms with Crippen LogP contribution in [0.25, 0.3) is 0 Å². The molecule has 1 heterocycles. The summed E-state index contributed by atoms with van der Waals surface area (Å²) in [7, 11) is 2.15. The zero-order chi connectivity index (χ0) is 11.6. The molecule has 1 rings (SSSR count). The zero-order valence-corrected chi connectivity index (χ0v) is 10.6. The molecule has 3 heteroatoms. The van der Waals surface area contributed by atoms with Gasteiger partial charge in [-0.3, -0.25) is 4.79 Å². The van der Waals surface area contributed by atoms with Crippen molar-refractivity contribution in [3.8, 4) is 0 Å². The number of likely N-dealkylation sites (tertiary alicyclic amines) is 1. The van der Waals surface area contributed by atoms with Crippen molar-refractivity contribution in [2.45, 2.75) is 33.7 Å². The van der Waals surface area contributed by atoms with Gasteiger partial charge in [0.1, 0.15) is 0 Å². The minimum Gasteiger partial charge on any atom is -0.353 e. The lowest BCUT2D eigenvalue weighted by atomic mass is 9.85. The summed E-state index contributed by atoms with van der Waals surface area (Å²) < 4.78 is 0. The lowest BCUT2D eigenvalue weighted by Crippen LogP contribution is -2.54. The first-order valence-electron chi connectivity index (χ1n) is 5.90. The van der Waals surface area contributed by atoms with E-state index in [-0.39, 0.29) is 11.8 Å². The predicted molar refractivity (Wildman–Crippen MR) is 62.6 cm³/mol. The monoisotopic (exact) mass is 212 g/mol. The molecule has 1 amide bonds. The highest BCUT2D eigenvalue weighted by atomic mass is 16.1. The third-order valence-corrected chi connectivity index (χ3v) is 3.26. The molecule has 3 nitrogen and oxygen atoms in total. The first kappa shape index (κ1) is 12.5. The van der Waals surface area contributed by atoms with Crippen LogP contribution in [0.2, 0.25) is 0 Å². The van der Waals surface area contributed by atoms with Crippen LogP contribution in [0.15, 0.2) is 0 Å². The van der Waals surface area contributed by atoms with Gasteiger partial charge >= 0.3 is 0 Å². The van der Waals surface area contributed by atoms with Crippen molar-refractivity contribution in [2.75, 3.05) is 20.1 Å². The van der Waals surface area contributed by atoms with E-state index in [9.17, 15) is 4.79 Å². The first-order valence-corrected chi connectivity index (χ1v) is 5.90. The quantitative estimate of drug-likeness (QED) is 0.749. The normalized spacial score (nSPS) is 33.1. The van der Waals surface area contributed by atoms with E-state index in [1.165, 1.54) is 0 Å². The van der Waals surface area contributed by atoms with Crippen molar-refractivity contribution >= 4 is 5.91 Å². The molecule has 1 saturated heterocycles. The van der Waals surface area contributed by atoms with Crippen LogP contribution in [0.5, 0.6) is 0 Å². The molecule has 2 unspecified atom stereocenters. The first-order chi connectivity index (χ1) is 6.91. The molecule has 88 valence electrons. The van der Waals surface area contributed by atoms with Crippen LogP contribution in [0.3, 0.4) is 0 Å². The second-order valence-corrected chi connectivity index (χ2v) is 5.36. The second-order valence-electron chi connectivity index (χ2n) is 5.36. The van der Waals surface area contributed by atoms with Gasteiger partial charge in [-0.25, -0.2) is 0 Å². The Morgan fingerprint density at radius 1 is 1.27 bits per heavy atom. The molecule has 0 aromatic rings. The third-order valence-electron chi connectivity index (χ3n) is 3.26. The van der Waals surface area contributed by atoms with Crippen molar-refractivity contribution in [1.82, 2.24) is 10.2 Å². The number of rotatable bonds is 2. The minimum absolute atomic E-state index is 0.0871. The molecule has 0 saturated carbocycles. The molecule has 0 bridgehead atoms. The van der Waals surface area contributed by atoms with Gasteiger partial charge in [0.05, 0.1) is 0 Å². The SMILES string of the molecule is CC(C)C(=O)NC1C(C)CN(C)CC1C. The molecule has 0 radical (unpaired) electrons. The molecule has 15 heavy (non-hydrogen) atoms. The van der Waals surface area contributed by atoms with Crippen LogP contribution in [-0.2, 0) is 4.79 Å². The number of amides is 1. The van der Waals surface area contributed by atoms with Crippen molar-refractivity contribution in [1.29, 1.82) is 0 Å². The Kier molecular flexibility index (Phi) is 4.14. The van der Waals surface area contributed by atoms with Crippen molar-refractivity contribution in [3.63, 3.8) is 0 Å². The predicted octanol–water partition coefficient (Wildman–Crippen LogP) is 1.34. The van der Waals surface area contributed by atoms with Crippen molar-refractivity contribution in [3.05, 3.63) is 0 Å². The Morgan fingerprint density at radius 3 is 2.13 bits per heavy atom. The Morgan fingerprint density at radius 2 is 1.73 bits per heavy atom. The molecule has 1 aliphatic heterocycles. The highest BCUT2D eigenvalue weighted by Crippen LogP contribution is 2.21. The van der Waals surface area contributed by atoms with Gasteiger partial charge in [-0.2, -0.15) is 0 Å². The van der Waals surface area contributed by atoms with E-state index in [0.717, 1.165) is 13.1 Å². The van der Waals surface area contributed by atoms with Crippen LogP contribution < -0.4 is 5.32 Å². The summed E-state index contributed by atoms with van der Waals surface area (Å²) >= 11 is 0. The molecule has 0 aromatic carbocycles. The fraction of sp³-hybridized carbons (Fsp3) is 0.917. The van der Waals surface area contributed by atoms with Gasteiger partial charge in [0, 0.05) is 25.0 Å². The van der Waals surface area contributed by atoms with Gasteiger partial charge in [-0.05, 0) is 18.9 Å². The highest BCUT2D eigenvalue weighted by Gasteiger charge is 2.31. The second kappa shape index (κ2) is 4.97. The molecule has 0 aromatic heterocycles. The third kappa shape index (κ3) is 3.20. The average Bonchev–Trinajstić information content (AvgIpc) is 2.10. The van der Waals surface area contributed by atoms with E-state index < -0.39 is 0 Å². The summed E-state index contributed by atoms with van der Waals surface area (Å²) in [6.07, 6.45) is 0. The summed E-state index contributed by atoms with van der Waals surface area (Å²) in [4.78, 5) is 14.0. The van der Waals surface area contributed by atoms with E-state index in [4.69, 9.17) is 0 Å². The molecular formula is C12H24N2O. The van der Waals surface area contributed by atoms with E-state index in [1.807, 2.05) is 13.8 Å². The van der Waals surface area contributed by atoms with Gasteiger partial charge in [-0.15, -0.1) is 0 Å². The number of nitrogens with one attached hydrogen (secondary N) is 1. The van der Waals surface area contributed by atoms with Gasteiger partial charge in [0.2, 0.25) is 5.91 Å².